The van der Waals surface area contributed by atoms with Crippen LogP contribution in [0.2, 0.25) is 0 Å². The average molecular weight is 422 g/mol. The number of nitrogens with one attached hydrogen (secondary N) is 1. The highest BCUT2D eigenvalue weighted by atomic mass is 16.6. The molecule has 7 heteroatoms. The fourth-order valence-corrected chi connectivity index (χ4v) is 2.75. The number of ether oxygens (including phenoxy) is 3. The smallest absolute Gasteiger partial charge is 0.363 e. The van der Waals surface area contributed by atoms with Crippen molar-refractivity contribution in [1.82, 2.24) is 0 Å². The Bertz CT molecular complexity index is 1020. The second-order valence-corrected chi connectivity index (χ2v) is 7.93. The number of hydrogen-bond donors (Lipinski definition) is 1. The summed E-state index contributed by atoms with van der Waals surface area (Å²) in [5, 5.41) is 2.76. The Labute approximate surface area is 181 Å². The van der Waals surface area contributed by atoms with Crippen molar-refractivity contribution >= 4 is 29.5 Å². The average Bonchev–Trinajstić information content (AvgIpc) is 3.09. The summed E-state index contributed by atoms with van der Waals surface area (Å²) in [6.07, 6.45) is 1.63. The first-order chi connectivity index (χ1) is 14.8. The van der Waals surface area contributed by atoms with E-state index in [1.807, 2.05) is 45.9 Å². The van der Waals surface area contributed by atoms with Crippen LogP contribution in [0.1, 0.15) is 33.3 Å². The van der Waals surface area contributed by atoms with Crippen molar-refractivity contribution in [1.29, 1.82) is 0 Å². The molecule has 1 aliphatic rings. The van der Waals surface area contributed by atoms with E-state index >= 15 is 0 Å². The number of carbonyl (C=O) groups is 2. The number of amides is 1. The first kappa shape index (κ1) is 22.1. The molecule has 2 aromatic rings. The molecule has 0 saturated carbocycles. The third-order valence-electron chi connectivity index (χ3n) is 4.25. The summed E-state index contributed by atoms with van der Waals surface area (Å²) < 4.78 is 16.6. The number of hydrogen-bond acceptors (Lipinski definition) is 6. The number of rotatable bonds is 7. The lowest BCUT2D eigenvalue weighted by Crippen LogP contribution is -2.21. The van der Waals surface area contributed by atoms with Gasteiger partial charge >= 0.3 is 5.97 Å². The van der Waals surface area contributed by atoms with Gasteiger partial charge in [-0.1, -0.05) is 45.0 Å². The number of esters is 1. The molecule has 0 atom stereocenters. The van der Waals surface area contributed by atoms with E-state index in [9.17, 15) is 9.59 Å². The second-order valence-electron chi connectivity index (χ2n) is 7.93. The number of para-hydroxylation sites is 1. The first-order valence-corrected chi connectivity index (χ1v) is 10.0. The molecule has 1 N–H and O–H groups in total. The predicted molar refractivity (Wildman–Crippen MR) is 119 cm³/mol. The molecule has 1 heterocycles. The molecular formula is C24H26N2O5. The van der Waals surface area contributed by atoms with Gasteiger partial charge in [0.1, 0.15) is 0 Å². The Morgan fingerprint density at radius 1 is 1.10 bits per heavy atom. The molecule has 0 aromatic heterocycles. The van der Waals surface area contributed by atoms with Crippen LogP contribution < -0.4 is 14.8 Å². The Hall–Kier alpha value is -3.61. The van der Waals surface area contributed by atoms with Gasteiger partial charge in [0.25, 0.3) is 5.91 Å². The van der Waals surface area contributed by atoms with Crippen LogP contribution in [0.5, 0.6) is 11.5 Å². The topological polar surface area (TPSA) is 86.2 Å². The highest BCUT2D eigenvalue weighted by molar-refractivity contribution is 6.08. The number of carbonyl (C=O) groups excluding carboxylic acids is 2. The van der Waals surface area contributed by atoms with Crippen molar-refractivity contribution in [2.24, 2.45) is 10.4 Å². The first-order valence-electron chi connectivity index (χ1n) is 10.0. The maximum atomic E-state index is 12.1. The third kappa shape index (κ3) is 5.94. The lowest BCUT2D eigenvalue weighted by Gasteiger charge is -2.15. The molecule has 0 aliphatic carbocycles. The zero-order valence-electron chi connectivity index (χ0n) is 18.1. The summed E-state index contributed by atoms with van der Waals surface area (Å²) >= 11 is 0. The van der Waals surface area contributed by atoms with Gasteiger partial charge in [-0.3, -0.25) is 4.79 Å². The number of anilines is 1. The van der Waals surface area contributed by atoms with Gasteiger partial charge in [0.05, 0.1) is 6.61 Å². The van der Waals surface area contributed by atoms with Crippen LogP contribution in [0.15, 0.2) is 59.2 Å². The van der Waals surface area contributed by atoms with Gasteiger partial charge in [0, 0.05) is 11.1 Å². The molecule has 1 aliphatic heterocycles. The van der Waals surface area contributed by atoms with E-state index in [0.29, 0.717) is 35.3 Å². The minimum atomic E-state index is -0.485. The summed E-state index contributed by atoms with van der Waals surface area (Å²) in [5.74, 6) is 0.521. The van der Waals surface area contributed by atoms with Gasteiger partial charge in [-0.05, 0) is 42.8 Å². The third-order valence-corrected chi connectivity index (χ3v) is 4.25. The van der Waals surface area contributed by atoms with E-state index in [-0.39, 0.29) is 23.6 Å². The van der Waals surface area contributed by atoms with Crippen LogP contribution >= 0.6 is 0 Å². The molecule has 162 valence electrons. The number of benzene rings is 2. The number of aliphatic imine (C=N–C) groups is 1. The van der Waals surface area contributed by atoms with Gasteiger partial charge in [-0.15, -0.1) is 0 Å². The molecule has 1 amide bonds. The molecule has 0 spiro atoms. The minimum Gasteiger partial charge on any atom is -0.490 e. The van der Waals surface area contributed by atoms with Crippen molar-refractivity contribution in [3.05, 3.63) is 59.8 Å². The van der Waals surface area contributed by atoms with E-state index in [1.165, 1.54) is 0 Å². The maximum absolute atomic E-state index is 12.1. The van der Waals surface area contributed by atoms with Crippen LogP contribution in [-0.4, -0.2) is 31.0 Å². The minimum absolute atomic E-state index is 0.166. The zero-order valence-corrected chi connectivity index (χ0v) is 18.1. The summed E-state index contributed by atoms with van der Waals surface area (Å²) in [5.41, 5.74) is 1.26. The van der Waals surface area contributed by atoms with E-state index in [4.69, 9.17) is 14.2 Å². The van der Waals surface area contributed by atoms with Crippen molar-refractivity contribution in [2.75, 3.05) is 18.5 Å². The van der Waals surface area contributed by atoms with Gasteiger partial charge < -0.3 is 19.5 Å². The molecule has 0 fully saturated rings. The number of cyclic esters (lactones) is 1. The largest absolute Gasteiger partial charge is 0.490 e. The van der Waals surface area contributed by atoms with Gasteiger partial charge in [-0.2, -0.15) is 0 Å². The van der Waals surface area contributed by atoms with Crippen LogP contribution in [0.3, 0.4) is 0 Å². The van der Waals surface area contributed by atoms with E-state index < -0.39 is 5.97 Å². The molecular weight excluding hydrogens is 396 g/mol. The molecule has 0 radical (unpaired) electrons. The van der Waals surface area contributed by atoms with Crippen LogP contribution in [0.25, 0.3) is 6.08 Å². The number of nitrogens with zero attached hydrogens (tertiary/aromatic N) is 1. The molecule has 31 heavy (non-hydrogen) atoms. The van der Waals surface area contributed by atoms with E-state index in [2.05, 4.69) is 10.3 Å². The molecule has 0 unspecified atom stereocenters. The van der Waals surface area contributed by atoms with Crippen LogP contribution in [-0.2, 0) is 14.3 Å². The Morgan fingerprint density at radius 2 is 1.84 bits per heavy atom. The Morgan fingerprint density at radius 3 is 2.48 bits per heavy atom. The summed E-state index contributed by atoms with van der Waals surface area (Å²) in [6.45, 7) is 7.88. The standard InChI is InChI=1S/C24H26N2O5/c1-5-29-20-14-16(13-18-22(28)31-23(26-18)24(2,3)4)11-12-19(20)30-15-21(27)25-17-9-7-6-8-10-17/h6-14H,5,15H2,1-4H3,(H,25,27)/b18-13+. The van der Waals surface area contributed by atoms with Crippen LogP contribution in [0, 0.1) is 5.41 Å². The molecule has 2 aromatic carbocycles. The zero-order chi connectivity index (χ0) is 22.4. The Kier molecular flexibility index (Phi) is 6.74. The Balaban J connectivity index is 1.73. The highest BCUT2D eigenvalue weighted by Crippen LogP contribution is 2.31. The summed E-state index contributed by atoms with van der Waals surface area (Å²) in [6, 6.07) is 14.3. The van der Waals surface area contributed by atoms with Crippen LogP contribution in [0.4, 0.5) is 5.69 Å². The van der Waals surface area contributed by atoms with Crippen molar-refractivity contribution in [2.45, 2.75) is 27.7 Å². The van der Waals surface area contributed by atoms with Crippen molar-refractivity contribution < 1.29 is 23.8 Å². The molecule has 7 nitrogen and oxygen atoms in total. The predicted octanol–water partition coefficient (Wildman–Crippen LogP) is 4.45. The molecule has 0 saturated heterocycles. The quantitative estimate of drug-likeness (QED) is 0.526. The fraction of sp³-hybridized carbons (Fsp3) is 0.292. The molecule has 3 rings (SSSR count). The fourth-order valence-electron chi connectivity index (χ4n) is 2.75. The van der Waals surface area contributed by atoms with E-state index in [0.717, 1.165) is 0 Å². The highest BCUT2D eigenvalue weighted by Gasteiger charge is 2.31. The van der Waals surface area contributed by atoms with Crippen molar-refractivity contribution in [3.63, 3.8) is 0 Å². The SMILES string of the molecule is CCOc1cc(/C=C2/N=C(C(C)(C)C)OC2=O)ccc1OCC(=O)Nc1ccccc1. The summed E-state index contributed by atoms with van der Waals surface area (Å²) in [4.78, 5) is 28.6. The van der Waals surface area contributed by atoms with E-state index in [1.54, 1.807) is 36.4 Å². The normalized spacial score (nSPS) is 14.8. The second kappa shape index (κ2) is 9.47. The summed E-state index contributed by atoms with van der Waals surface area (Å²) in [7, 11) is 0. The van der Waals surface area contributed by atoms with Gasteiger partial charge in [-0.25, -0.2) is 9.79 Å². The van der Waals surface area contributed by atoms with Gasteiger partial charge in [0.2, 0.25) is 5.90 Å². The van der Waals surface area contributed by atoms with Crippen molar-refractivity contribution in [3.8, 4) is 11.5 Å². The maximum Gasteiger partial charge on any atom is 0.363 e. The monoisotopic (exact) mass is 422 g/mol. The lowest BCUT2D eigenvalue weighted by atomic mass is 9.97. The lowest BCUT2D eigenvalue weighted by molar-refractivity contribution is -0.130. The van der Waals surface area contributed by atoms with Gasteiger partial charge in [0.15, 0.2) is 23.8 Å². The molecule has 0 bridgehead atoms.